The monoisotopic (exact) mass is 245 g/mol. The predicted octanol–water partition coefficient (Wildman–Crippen LogP) is 3.15. The Kier molecular flexibility index (Phi) is 5.19. The maximum atomic E-state index is 13.2. The summed E-state index contributed by atoms with van der Waals surface area (Å²) in [7, 11) is 1.65. The van der Waals surface area contributed by atoms with E-state index in [9.17, 15) is 4.39 Å². The molecule has 0 heterocycles. The highest BCUT2D eigenvalue weighted by Gasteiger charge is 2.15. The molecule has 0 saturated carbocycles. The summed E-state index contributed by atoms with van der Waals surface area (Å²) in [5, 5.41) is 0.125. The first-order valence-corrected chi connectivity index (χ1v) is 5.63. The van der Waals surface area contributed by atoms with Crippen molar-refractivity contribution in [2.75, 3.05) is 13.7 Å². The summed E-state index contributed by atoms with van der Waals surface area (Å²) in [5.74, 6) is -0.186. The molecule has 1 aromatic rings. The van der Waals surface area contributed by atoms with Gasteiger partial charge in [0.05, 0.1) is 5.02 Å². The van der Waals surface area contributed by atoms with Crippen molar-refractivity contribution in [3.05, 3.63) is 34.6 Å². The van der Waals surface area contributed by atoms with Gasteiger partial charge in [-0.2, -0.15) is 0 Å². The first-order valence-electron chi connectivity index (χ1n) is 5.25. The second-order valence-corrected chi connectivity index (χ2v) is 4.37. The second-order valence-electron chi connectivity index (χ2n) is 3.96. The third-order valence-corrected chi connectivity index (χ3v) is 3.03. The highest BCUT2D eigenvalue weighted by molar-refractivity contribution is 6.30. The van der Waals surface area contributed by atoms with Crippen LogP contribution < -0.4 is 5.73 Å². The minimum atomic E-state index is -0.423. The zero-order chi connectivity index (χ0) is 12.1. The summed E-state index contributed by atoms with van der Waals surface area (Å²) in [4.78, 5) is 0. The van der Waals surface area contributed by atoms with Gasteiger partial charge in [-0.1, -0.05) is 24.6 Å². The number of methoxy groups -OCH3 is 1. The van der Waals surface area contributed by atoms with Gasteiger partial charge in [-0.3, -0.25) is 0 Å². The SMILES string of the molecule is COCCC(C)C(N)c1ccc(Cl)c(F)c1. The van der Waals surface area contributed by atoms with Crippen LogP contribution in [0.1, 0.15) is 24.9 Å². The van der Waals surface area contributed by atoms with Crippen molar-refractivity contribution in [2.24, 2.45) is 11.7 Å². The Morgan fingerprint density at radius 1 is 1.50 bits per heavy atom. The fourth-order valence-corrected chi connectivity index (χ4v) is 1.65. The van der Waals surface area contributed by atoms with Crippen molar-refractivity contribution < 1.29 is 9.13 Å². The number of rotatable bonds is 5. The van der Waals surface area contributed by atoms with E-state index in [1.807, 2.05) is 6.92 Å². The third kappa shape index (κ3) is 3.44. The molecule has 2 nitrogen and oxygen atoms in total. The molecular weight excluding hydrogens is 229 g/mol. The Morgan fingerprint density at radius 3 is 2.75 bits per heavy atom. The molecule has 90 valence electrons. The van der Waals surface area contributed by atoms with Crippen LogP contribution in [0.3, 0.4) is 0 Å². The molecule has 0 bridgehead atoms. The molecule has 4 heteroatoms. The maximum absolute atomic E-state index is 13.2. The van der Waals surface area contributed by atoms with Crippen molar-refractivity contribution >= 4 is 11.6 Å². The van der Waals surface area contributed by atoms with Gasteiger partial charge in [-0.15, -0.1) is 0 Å². The molecule has 0 aliphatic heterocycles. The molecule has 2 unspecified atom stereocenters. The van der Waals surface area contributed by atoms with Crippen LogP contribution in [0.15, 0.2) is 18.2 Å². The van der Waals surface area contributed by atoms with E-state index in [1.54, 1.807) is 13.2 Å². The molecule has 0 spiro atoms. The molecule has 0 amide bonds. The summed E-state index contributed by atoms with van der Waals surface area (Å²) >= 11 is 5.61. The van der Waals surface area contributed by atoms with E-state index in [1.165, 1.54) is 12.1 Å². The minimum absolute atomic E-state index is 0.125. The van der Waals surface area contributed by atoms with Crippen LogP contribution in [0.5, 0.6) is 0 Å². The molecule has 0 fully saturated rings. The molecule has 0 saturated heterocycles. The van der Waals surface area contributed by atoms with Gasteiger partial charge < -0.3 is 10.5 Å². The third-order valence-electron chi connectivity index (χ3n) is 2.72. The Morgan fingerprint density at radius 2 is 2.19 bits per heavy atom. The number of benzene rings is 1. The summed E-state index contributed by atoms with van der Waals surface area (Å²) < 4.78 is 18.2. The van der Waals surface area contributed by atoms with Crippen molar-refractivity contribution in [2.45, 2.75) is 19.4 Å². The van der Waals surface area contributed by atoms with Gasteiger partial charge in [0.2, 0.25) is 0 Å². The average molecular weight is 246 g/mol. The molecule has 0 aromatic heterocycles. The lowest BCUT2D eigenvalue weighted by Gasteiger charge is -2.20. The van der Waals surface area contributed by atoms with Crippen LogP contribution in [-0.2, 0) is 4.74 Å². The summed E-state index contributed by atoms with van der Waals surface area (Å²) in [6, 6.07) is 4.51. The molecule has 0 aliphatic rings. The fourth-order valence-electron chi connectivity index (χ4n) is 1.53. The van der Waals surface area contributed by atoms with Gasteiger partial charge >= 0.3 is 0 Å². The largest absolute Gasteiger partial charge is 0.385 e. The van der Waals surface area contributed by atoms with Crippen LogP contribution in [0.4, 0.5) is 4.39 Å². The Labute approximate surface area is 101 Å². The number of ether oxygens (including phenoxy) is 1. The second kappa shape index (κ2) is 6.18. The number of hydrogen-bond donors (Lipinski definition) is 1. The normalized spacial score (nSPS) is 14.8. The first kappa shape index (κ1) is 13.4. The highest BCUT2D eigenvalue weighted by Crippen LogP contribution is 2.25. The van der Waals surface area contributed by atoms with Gasteiger partial charge in [0.15, 0.2) is 0 Å². The van der Waals surface area contributed by atoms with Crippen LogP contribution in [0.2, 0.25) is 5.02 Å². The molecule has 0 radical (unpaired) electrons. The minimum Gasteiger partial charge on any atom is -0.385 e. The predicted molar refractivity (Wildman–Crippen MR) is 64.0 cm³/mol. The lowest BCUT2D eigenvalue weighted by Crippen LogP contribution is -2.20. The van der Waals surface area contributed by atoms with Crippen molar-refractivity contribution in [3.8, 4) is 0 Å². The molecule has 0 aliphatic carbocycles. The van der Waals surface area contributed by atoms with E-state index in [0.717, 1.165) is 12.0 Å². The highest BCUT2D eigenvalue weighted by atomic mass is 35.5. The topological polar surface area (TPSA) is 35.2 Å². The van der Waals surface area contributed by atoms with Crippen molar-refractivity contribution in [1.82, 2.24) is 0 Å². The summed E-state index contributed by atoms with van der Waals surface area (Å²) in [5.41, 5.74) is 6.80. The quantitative estimate of drug-likeness (QED) is 0.865. The van der Waals surface area contributed by atoms with Gasteiger partial charge in [0, 0.05) is 19.8 Å². The number of hydrogen-bond acceptors (Lipinski definition) is 2. The van der Waals surface area contributed by atoms with Crippen LogP contribution in [0, 0.1) is 11.7 Å². The molecule has 2 N–H and O–H groups in total. The summed E-state index contributed by atoms with van der Waals surface area (Å²) in [6.07, 6.45) is 0.849. The first-order chi connectivity index (χ1) is 7.56. The van der Waals surface area contributed by atoms with E-state index < -0.39 is 5.82 Å². The zero-order valence-electron chi connectivity index (χ0n) is 9.54. The lowest BCUT2D eigenvalue weighted by atomic mass is 9.93. The van der Waals surface area contributed by atoms with Crippen molar-refractivity contribution in [3.63, 3.8) is 0 Å². The van der Waals surface area contributed by atoms with Gasteiger partial charge in [0.25, 0.3) is 0 Å². The van der Waals surface area contributed by atoms with Crippen molar-refractivity contribution in [1.29, 1.82) is 0 Å². The van der Waals surface area contributed by atoms with Gasteiger partial charge in [-0.05, 0) is 30.0 Å². The number of halogens is 2. The van der Waals surface area contributed by atoms with Gasteiger partial charge in [-0.25, -0.2) is 4.39 Å². The van der Waals surface area contributed by atoms with Crippen LogP contribution in [-0.4, -0.2) is 13.7 Å². The van der Waals surface area contributed by atoms with E-state index in [0.29, 0.717) is 6.61 Å². The van der Waals surface area contributed by atoms with E-state index in [-0.39, 0.29) is 17.0 Å². The van der Waals surface area contributed by atoms with E-state index >= 15 is 0 Å². The maximum Gasteiger partial charge on any atom is 0.142 e. The summed E-state index contributed by atoms with van der Waals surface area (Å²) in [6.45, 7) is 2.68. The number of nitrogens with two attached hydrogens (primary N) is 1. The molecule has 1 aromatic carbocycles. The molecule has 1 rings (SSSR count). The Hall–Kier alpha value is -0.640. The smallest absolute Gasteiger partial charge is 0.142 e. The van der Waals surface area contributed by atoms with E-state index in [2.05, 4.69) is 0 Å². The fraction of sp³-hybridized carbons (Fsp3) is 0.500. The molecular formula is C12H17ClFNO. The standard InChI is InChI=1S/C12H17ClFNO/c1-8(5-6-16-2)12(15)9-3-4-10(13)11(14)7-9/h3-4,7-8,12H,5-6,15H2,1-2H3. The molecule has 16 heavy (non-hydrogen) atoms. The zero-order valence-corrected chi connectivity index (χ0v) is 10.3. The van der Waals surface area contributed by atoms with Gasteiger partial charge in [0.1, 0.15) is 5.82 Å². The Balaban J connectivity index is 2.71. The lowest BCUT2D eigenvalue weighted by molar-refractivity contribution is 0.174. The van der Waals surface area contributed by atoms with Crippen LogP contribution >= 0.6 is 11.6 Å². The average Bonchev–Trinajstić information content (AvgIpc) is 2.28. The Bertz CT molecular complexity index is 346. The van der Waals surface area contributed by atoms with Crippen LogP contribution in [0.25, 0.3) is 0 Å². The van der Waals surface area contributed by atoms with E-state index in [4.69, 9.17) is 22.1 Å². The molecule has 2 atom stereocenters.